The number of carbonyl (C=O) groups is 2. The summed E-state index contributed by atoms with van der Waals surface area (Å²) >= 11 is 3.31. The van der Waals surface area contributed by atoms with E-state index in [4.69, 9.17) is 4.74 Å². The number of para-hydroxylation sites is 1. The van der Waals surface area contributed by atoms with Crippen LogP contribution >= 0.6 is 23.1 Å². The molecule has 0 radical (unpaired) electrons. The molecule has 28 heavy (non-hydrogen) atoms. The molecule has 2 aromatic rings. The molecule has 4 rings (SSSR count). The van der Waals surface area contributed by atoms with Crippen LogP contribution in [0.3, 0.4) is 0 Å². The van der Waals surface area contributed by atoms with Crippen LogP contribution in [0.4, 0.5) is 15.5 Å². The number of nitrogens with zero attached hydrogens (tertiary/aromatic N) is 1. The van der Waals surface area contributed by atoms with Crippen molar-refractivity contribution in [1.29, 1.82) is 0 Å². The Bertz CT molecular complexity index is 909. The average molecular weight is 417 g/mol. The third-order valence-electron chi connectivity index (χ3n) is 5.04. The van der Waals surface area contributed by atoms with Gasteiger partial charge in [0.25, 0.3) is 0 Å². The molecule has 1 aromatic carbocycles. The number of carbonyl (C=O) groups excluding carboxylic acids is 2. The van der Waals surface area contributed by atoms with Gasteiger partial charge in [0.15, 0.2) is 0 Å². The standard InChI is InChI=1S/C21H24N2O3S2/c1-3-26-20(24)18-14-8-4-6-10-16(14)28-19(18)22-21(25)23-12-13(2)27-17-11-7-5-9-15(17)23/h5,7,9,11,13H,3-4,6,8,10,12H2,1-2H3,(H,22,25)/t13-/m0/s1. The van der Waals surface area contributed by atoms with Crippen LogP contribution in [0, 0.1) is 0 Å². The van der Waals surface area contributed by atoms with Gasteiger partial charge in [0.05, 0.1) is 17.9 Å². The van der Waals surface area contributed by atoms with Crippen molar-refractivity contribution in [1.82, 2.24) is 0 Å². The highest BCUT2D eigenvalue weighted by atomic mass is 32.2. The van der Waals surface area contributed by atoms with Gasteiger partial charge in [-0.1, -0.05) is 19.1 Å². The van der Waals surface area contributed by atoms with Crippen LogP contribution in [0.25, 0.3) is 0 Å². The average Bonchev–Trinajstić information content (AvgIpc) is 3.05. The predicted octanol–water partition coefficient (Wildman–Crippen LogP) is 5.34. The van der Waals surface area contributed by atoms with E-state index in [0.29, 0.717) is 29.0 Å². The summed E-state index contributed by atoms with van der Waals surface area (Å²) in [6, 6.07) is 7.77. The summed E-state index contributed by atoms with van der Waals surface area (Å²) in [5.41, 5.74) is 2.54. The SMILES string of the molecule is CCOC(=O)c1c(NC(=O)N2C[C@H](C)Sc3ccccc32)sc2c1CCCC2. The van der Waals surface area contributed by atoms with E-state index in [1.807, 2.05) is 24.3 Å². The molecule has 0 saturated heterocycles. The van der Waals surface area contributed by atoms with Crippen LogP contribution in [0.2, 0.25) is 0 Å². The normalized spacial score (nSPS) is 18.2. The Balaban J connectivity index is 1.65. The first kappa shape index (κ1) is 19.3. The van der Waals surface area contributed by atoms with E-state index in [1.165, 1.54) is 16.2 Å². The number of amides is 2. The maximum absolute atomic E-state index is 13.2. The van der Waals surface area contributed by atoms with E-state index in [0.717, 1.165) is 41.8 Å². The molecule has 5 nitrogen and oxygen atoms in total. The largest absolute Gasteiger partial charge is 0.462 e. The molecule has 1 atom stereocenters. The Hall–Kier alpha value is -1.99. The summed E-state index contributed by atoms with van der Waals surface area (Å²) in [5, 5.41) is 3.96. The van der Waals surface area contributed by atoms with E-state index < -0.39 is 0 Å². The lowest BCUT2D eigenvalue weighted by Gasteiger charge is -2.32. The molecule has 1 aromatic heterocycles. The Morgan fingerprint density at radius 2 is 2.04 bits per heavy atom. The van der Waals surface area contributed by atoms with Crippen LogP contribution in [0.15, 0.2) is 29.2 Å². The molecule has 1 aliphatic heterocycles. The molecule has 2 heterocycles. The molecular weight excluding hydrogens is 392 g/mol. The van der Waals surface area contributed by atoms with Gasteiger partial charge in [-0.15, -0.1) is 23.1 Å². The Morgan fingerprint density at radius 3 is 2.86 bits per heavy atom. The second-order valence-electron chi connectivity index (χ2n) is 7.07. The maximum atomic E-state index is 13.2. The van der Waals surface area contributed by atoms with Gasteiger partial charge in [0.1, 0.15) is 5.00 Å². The maximum Gasteiger partial charge on any atom is 0.341 e. The fraction of sp³-hybridized carbons (Fsp3) is 0.429. The van der Waals surface area contributed by atoms with E-state index in [1.54, 1.807) is 23.6 Å². The highest BCUT2D eigenvalue weighted by molar-refractivity contribution is 8.00. The van der Waals surface area contributed by atoms with Gasteiger partial charge in [-0.3, -0.25) is 10.2 Å². The summed E-state index contributed by atoms with van der Waals surface area (Å²) < 4.78 is 5.29. The van der Waals surface area contributed by atoms with Crippen LogP contribution < -0.4 is 10.2 Å². The van der Waals surface area contributed by atoms with Gasteiger partial charge < -0.3 is 4.74 Å². The molecule has 0 fully saturated rings. The molecule has 7 heteroatoms. The molecule has 0 bridgehead atoms. The zero-order valence-electron chi connectivity index (χ0n) is 16.1. The first-order valence-corrected chi connectivity index (χ1v) is 11.4. The minimum absolute atomic E-state index is 0.191. The van der Waals surface area contributed by atoms with E-state index in [9.17, 15) is 9.59 Å². The van der Waals surface area contributed by atoms with Crippen molar-refractivity contribution < 1.29 is 14.3 Å². The van der Waals surface area contributed by atoms with Gasteiger partial charge in [0.2, 0.25) is 0 Å². The van der Waals surface area contributed by atoms with Crippen LogP contribution in [-0.4, -0.2) is 30.4 Å². The van der Waals surface area contributed by atoms with Gasteiger partial charge in [-0.25, -0.2) is 9.59 Å². The molecule has 2 amide bonds. The fourth-order valence-corrected chi connectivity index (χ4v) is 6.20. The first-order valence-electron chi connectivity index (χ1n) is 9.74. The minimum Gasteiger partial charge on any atom is -0.462 e. The number of thiophene rings is 1. The third-order valence-corrected chi connectivity index (χ3v) is 7.40. The van der Waals surface area contributed by atoms with Crippen LogP contribution in [-0.2, 0) is 17.6 Å². The number of nitrogens with one attached hydrogen (secondary N) is 1. The van der Waals surface area contributed by atoms with Gasteiger partial charge in [0, 0.05) is 21.6 Å². The number of aryl methyl sites for hydroxylation is 1. The van der Waals surface area contributed by atoms with Crippen molar-refractivity contribution in [3.05, 3.63) is 40.3 Å². The second kappa shape index (κ2) is 8.17. The number of urea groups is 1. The van der Waals surface area contributed by atoms with Crippen LogP contribution in [0.5, 0.6) is 0 Å². The zero-order chi connectivity index (χ0) is 19.7. The molecular formula is C21H24N2O3S2. The summed E-state index contributed by atoms with van der Waals surface area (Å²) in [4.78, 5) is 29.9. The molecule has 0 saturated carbocycles. The van der Waals surface area contributed by atoms with E-state index >= 15 is 0 Å². The lowest BCUT2D eigenvalue weighted by Crippen LogP contribution is -2.41. The highest BCUT2D eigenvalue weighted by Crippen LogP contribution is 2.41. The molecule has 0 unspecified atom stereocenters. The summed E-state index contributed by atoms with van der Waals surface area (Å²) in [6.07, 6.45) is 4.02. The minimum atomic E-state index is -0.333. The lowest BCUT2D eigenvalue weighted by atomic mass is 9.95. The number of hydrogen-bond acceptors (Lipinski definition) is 5. The van der Waals surface area contributed by atoms with Gasteiger partial charge in [-0.05, 0) is 50.3 Å². The molecule has 0 spiro atoms. The van der Waals surface area contributed by atoms with E-state index in [-0.39, 0.29) is 12.0 Å². The molecule has 1 N–H and O–H groups in total. The monoisotopic (exact) mass is 416 g/mol. The second-order valence-corrected chi connectivity index (χ2v) is 9.66. The zero-order valence-corrected chi connectivity index (χ0v) is 17.8. The summed E-state index contributed by atoms with van der Waals surface area (Å²) in [7, 11) is 0. The lowest BCUT2D eigenvalue weighted by molar-refractivity contribution is 0.0526. The number of hydrogen-bond donors (Lipinski definition) is 1. The topological polar surface area (TPSA) is 58.6 Å². The number of esters is 1. The predicted molar refractivity (Wildman–Crippen MR) is 115 cm³/mol. The van der Waals surface area contributed by atoms with Crippen molar-refractivity contribution in [2.75, 3.05) is 23.4 Å². The Morgan fingerprint density at radius 1 is 1.25 bits per heavy atom. The van der Waals surface area contributed by atoms with Crippen molar-refractivity contribution in [2.45, 2.75) is 49.7 Å². The third kappa shape index (κ3) is 3.65. The van der Waals surface area contributed by atoms with Crippen molar-refractivity contribution >= 4 is 45.8 Å². The summed E-state index contributed by atoms with van der Waals surface area (Å²) in [6.45, 7) is 4.88. The summed E-state index contributed by atoms with van der Waals surface area (Å²) in [5.74, 6) is -0.333. The molecule has 1 aliphatic carbocycles. The van der Waals surface area contributed by atoms with Crippen LogP contribution in [0.1, 0.15) is 47.5 Å². The number of thioether (sulfide) groups is 1. The first-order chi connectivity index (χ1) is 13.6. The fourth-order valence-electron chi connectivity index (χ4n) is 3.82. The van der Waals surface area contributed by atoms with Crippen molar-refractivity contribution in [2.24, 2.45) is 0 Å². The number of rotatable bonds is 3. The smallest absolute Gasteiger partial charge is 0.341 e. The quantitative estimate of drug-likeness (QED) is 0.687. The van der Waals surface area contributed by atoms with Crippen molar-refractivity contribution in [3.63, 3.8) is 0 Å². The van der Waals surface area contributed by atoms with Gasteiger partial charge in [-0.2, -0.15) is 0 Å². The molecule has 2 aliphatic rings. The number of anilines is 2. The van der Waals surface area contributed by atoms with Crippen molar-refractivity contribution in [3.8, 4) is 0 Å². The molecule has 148 valence electrons. The Labute approximate surface area is 173 Å². The number of benzene rings is 1. The number of fused-ring (bicyclic) bond motifs is 2. The van der Waals surface area contributed by atoms with Gasteiger partial charge >= 0.3 is 12.0 Å². The van der Waals surface area contributed by atoms with E-state index in [2.05, 4.69) is 12.2 Å². The number of ether oxygens (including phenoxy) is 1. The Kier molecular flexibility index (Phi) is 5.64. The highest BCUT2D eigenvalue weighted by Gasteiger charge is 2.31.